The van der Waals surface area contributed by atoms with Gasteiger partial charge in [-0.1, -0.05) is 30.3 Å². The van der Waals surface area contributed by atoms with E-state index in [1.807, 2.05) is 13.8 Å². The molecule has 3 aromatic carbocycles. The van der Waals surface area contributed by atoms with Gasteiger partial charge in [-0.05, 0) is 61.4 Å². The summed E-state index contributed by atoms with van der Waals surface area (Å²) in [7, 11) is 4.61. The summed E-state index contributed by atoms with van der Waals surface area (Å²) in [5, 5.41) is 11.4. The largest absolute Gasteiger partial charge is 0.507 e. The number of benzene rings is 3. The number of hydrogen-bond donors (Lipinski definition) is 1. The predicted molar refractivity (Wildman–Crippen MR) is 143 cm³/mol. The first-order chi connectivity index (χ1) is 18.3. The van der Waals surface area contributed by atoms with Crippen LogP contribution in [0.1, 0.15) is 36.6 Å². The van der Waals surface area contributed by atoms with Crippen LogP contribution in [0.4, 0.5) is 0 Å². The van der Waals surface area contributed by atoms with Crippen LogP contribution >= 0.6 is 0 Å². The molecule has 1 saturated heterocycles. The molecule has 8 heteroatoms. The van der Waals surface area contributed by atoms with E-state index in [-0.39, 0.29) is 24.0 Å². The summed E-state index contributed by atoms with van der Waals surface area (Å²) in [6.07, 6.45) is -0.0729. The maximum Gasteiger partial charge on any atom is 0.295 e. The standard InChI is InChI=1S/C30H31NO7/c1-18(2)38-23-11-7-9-21(16-23)28(32)26-27(20-8-6-10-22(15-20)35-3)31(30(34)29(26)33)17-19-12-13-24(36-4)25(14-19)37-5/h6-16,18,27,32H,17H2,1-5H3/b28-26+. The van der Waals surface area contributed by atoms with E-state index >= 15 is 0 Å². The third-order valence-corrected chi connectivity index (χ3v) is 6.23. The second-order valence-corrected chi connectivity index (χ2v) is 9.09. The highest BCUT2D eigenvalue weighted by molar-refractivity contribution is 6.46. The molecular weight excluding hydrogens is 486 g/mol. The number of ketones is 1. The molecule has 198 valence electrons. The van der Waals surface area contributed by atoms with Crippen LogP contribution in [0, 0.1) is 0 Å². The lowest BCUT2D eigenvalue weighted by molar-refractivity contribution is -0.140. The number of likely N-dealkylation sites (tertiary alicyclic amines) is 1. The predicted octanol–water partition coefficient (Wildman–Crippen LogP) is 5.12. The van der Waals surface area contributed by atoms with E-state index in [0.29, 0.717) is 34.1 Å². The van der Waals surface area contributed by atoms with Crippen LogP contribution in [0.5, 0.6) is 23.0 Å². The number of Topliss-reactive ketones (excluding diaryl/α,β-unsaturated/α-hetero) is 1. The smallest absolute Gasteiger partial charge is 0.295 e. The van der Waals surface area contributed by atoms with Crippen LogP contribution in [0.15, 0.2) is 72.3 Å². The first kappa shape index (κ1) is 26.6. The van der Waals surface area contributed by atoms with E-state index in [4.69, 9.17) is 18.9 Å². The highest BCUT2D eigenvalue weighted by atomic mass is 16.5. The van der Waals surface area contributed by atoms with Crippen molar-refractivity contribution in [2.75, 3.05) is 21.3 Å². The maximum atomic E-state index is 13.4. The summed E-state index contributed by atoms with van der Waals surface area (Å²) < 4.78 is 21.9. The molecule has 1 N–H and O–H groups in total. The molecule has 1 aliphatic rings. The fourth-order valence-electron chi connectivity index (χ4n) is 4.52. The quantitative estimate of drug-likeness (QED) is 0.239. The number of ether oxygens (including phenoxy) is 4. The Morgan fingerprint density at radius 1 is 0.868 bits per heavy atom. The Morgan fingerprint density at radius 2 is 1.58 bits per heavy atom. The van der Waals surface area contributed by atoms with Crippen molar-refractivity contribution in [1.29, 1.82) is 0 Å². The number of methoxy groups -OCH3 is 3. The van der Waals surface area contributed by atoms with Crippen LogP contribution in [-0.2, 0) is 16.1 Å². The lowest BCUT2D eigenvalue weighted by Crippen LogP contribution is -2.29. The zero-order valence-electron chi connectivity index (χ0n) is 22.1. The molecule has 0 bridgehead atoms. The normalized spacial score (nSPS) is 16.6. The molecule has 3 aromatic rings. The van der Waals surface area contributed by atoms with Gasteiger partial charge in [0.25, 0.3) is 11.7 Å². The van der Waals surface area contributed by atoms with Gasteiger partial charge in [0.1, 0.15) is 17.3 Å². The molecule has 0 spiro atoms. The molecule has 1 atom stereocenters. The van der Waals surface area contributed by atoms with Crippen molar-refractivity contribution in [3.05, 3.63) is 89.0 Å². The zero-order valence-corrected chi connectivity index (χ0v) is 22.1. The Morgan fingerprint density at radius 3 is 2.26 bits per heavy atom. The molecule has 1 unspecified atom stereocenters. The Labute approximate surface area is 222 Å². The van der Waals surface area contributed by atoms with E-state index in [1.54, 1.807) is 80.9 Å². The summed E-state index contributed by atoms with van der Waals surface area (Å²) in [5.41, 5.74) is 1.72. The van der Waals surface area contributed by atoms with Gasteiger partial charge in [-0.2, -0.15) is 0 Å². The van der Waals surface area contributed by atoms with Crippen molar-refractivity contribution < 1.29 is 33.6 Å². The van der Waals surface area contributed by atoms with E-state index in [2.05, 4.69) is 0 Å². The number of nitrogens with zero attached hydrogens (tertiary/aromatic N) is 1. The van der Waals surface area contributed by atoms with Gasteiger partial charge in [-0.3, -0.25) is 9.59 Å². The number of hydrogen-bond acceptors (Lipinski definition) is 7. The first-order valence-electron chi connectivity index (χ1n) is 12.2. The summed E-state index contributed by atoms with van der Waals surface area (Å²) in [6, 6.07) is 18.4. The fourth-order valence-corrected chi connectivity index (χ4v) is 4.52. The molecular formula is C30H31NO7. The van der Waals surface area contributed by atoms with Gasteiger partial charge < -0.3 is 29.0 Å². The Kier molecular flexibility index (Phi) is 7.90. The summed E-state index contributed by atoms with van der Waals surface area (Å²) in [5.74, 6) is 0.385. The SMILES string of the molecule is COc1cccc(C2/C(=C(\O)c3cccc(OC(C)C)c3)C(=O)C(=O)N2Cc2ccc(OC)c(OC)c2)c1. The number of carbonyl (C=O) groups excluding carboxylic acids is 2. The van der Waals surface area contributed by atoms with Crippen LogP contribution in [0.2, 0.25) is 0 Å². The average molecular weight is 518 g/mol. The topological polar surface area (TPSA) is 94.5 Å². The monoisotopic (exact) mass is 517 g/mol. The van der Waals surface area contributed by atoms with Crippen LogP contribution in [0.3, 0.4) is 0 Å². The van der Waals surface area contributed by atoms with Crippen LogP contribution < -0.4 is 18.9 Å². The summed E-state index contributed by atoms with van der Waals surface area (Å²) >= 11 is 0. The van der Waals surface area contributed by atoms with E-state index in [0.717, 1.165) is 5.56 Å². The van der Waals surface area contributed by atoms with Gasteiger partial charge in [0.2, 0.25) is 0 Å². The summed E-state index contributed by atoms with van der Waals surface area (Å²) in [4.78, 5) is 28.3. The maximum absolute atomic E-state index is 13.4. The molecule has 38 heavy (non-hydrogen) atoms. The molecule has 1 fully saturated rings. The second kappa shape index (κ2) is 11.3. The van der Waals surface area contributed by atoms with Gasteiger partial charge in [-0.15, -0.1) is 0 Å². The van der Waals surface area contributed by atoms with Crippen LogP contribution in [-0.4, -0.2) is 49.1 Å². The first-order valence-corrected chi connectivity index (χ1v) is 12.2. The van der Waals surface area contributed by atoms with E-state index in [1.165, 1.54) is 12.0 Å². The van der Waals surface area contributed by atoms with E-state index < -0.39 is 17.7 Å². The minimum absolute atomic E-state index is 0.00886. The molecule has 1 aliphatic heterocycles. The third-order valence-electron chi connectivity index (χ3n) is 6.23. The highest BCUT2D eigenvalue weighted by Gasteiger charge is 2.46. The zero-order chi connectivity index (χ0) is 27.4. The minimum Gasteiger partial charge on any atom is -0.507 e. The molecule has 8 nitrogen and oxygen atoms in total. The van der Waals surface area contributed by atoms with Gasteiger partial charge >= 0.3 is 0 Å². The van der Waals surface area contributed by atoms with Gasteiger partial charge in [0.15, 0.2) is 11.5 Å². The lowest BCUT2D eigenvalue weighted by Gasteiger charge is -2.26. The van der Waals surface area contributed by atoms with Crippen molar-refractivity contribution in [2.45, 2.75) is 32.5 Å². The van der Waals surface area contributed by atoms with E-state index in [9.17, 15) is 14.7 Å². The molecule has 0 aliphatic carbocycles. The van der Waals surface area contributed by atoms with Crippen molar-refractivity contribution in [2.24, 2.45) is 0 Å². The molecule has 0 aromatic heterocycles. The molecule has 0 radical (unpaired) electrons. The minimum atomic E-state index is -0.854. The second-order valence-electron chi connectivity index (χ2n) is 9.09. The van der Waals surface area contributed by atoms with Crippen LogP contribution in [0.25, 0.3) is 5.76 Å². The molecule has 4 rings (SSSR count). The highest BCUT2D eigenvalue weighted by Crippen LogP contribution is 2.42. The van der Waals surface area contributed by atoms with Crippen molar-refractivity contribution in [1.82, 2.24) is 4.90 Å². The lowest BCUT2D eigenvalue weighted by atomic mass is 9.95. The Balaban J connectivity index is 1.84. The Bertz CT molecular complexity index is 1380. The number of rotatable bonds is 9. The average Bonchev–Trinajstić information content (AvgIpc) is 3.17. The number of amides is 1. The molecule has 1 heterocycles. The Hall–Kier alpha value is -4.46. The van der Waals surface area contributed by atoms with Gasteiger partial charge in [-0.25, -0.2) is 0 Å². The van der Waals surface area contributed by atoms with Crippen molar-refractivity contribution in [3.8, 4) is 23.0 Å². The van der Waals surface area contributed by atoms with Crippen molar-refractivity contribution in [3.63, 3.8) is 0 Å². The number of aliphatic hydroxyl groups excluding tert-OH is 1. The fraction of sp³-hybridized carbons (Fsp3) is 0.267. The number of carbonyl (C=O) groups is 2. The summed E-state index contributed by atoms with van der Waals surface area (Å²) in [6.45, 7) is 3.89. The molecule has 1 amide bonds. The molecule has 0 saturated carbocycles. The van der Waals surface area contributed by atoms with Gasteiger partial charge in [0, 0.05) is 12.1 Å². The number of aliphatic hydroxyl groups is 1. The third kappa shape index (κ3) is 5.29. The van der Waals surface area contributed by atoms with Gasteiger partial charge in [0.05, 0.1) is 39.0 Å². The van der Waals surface area contributed by atoms with Crippen molar-refractivity contribution >= 4 is 17.4 Å².